The van der Waals surface area contributed by atoms with Crippen LogP contribution in [-0.4, -0.2) is 21.6 Å². The van der Waals surface area contributed by atoms with Crippen molar-refractivity contribution in [2.24, 2.45) is 0 Å². The standard InChI is InChI=1S/C26H24N4/c1-2-29-22-11-6-5-10-21(22)25-23(29)12-7-13-24(25)30(17-27)26(28)20-15-14-18-8-3-4-9-19(18)16-20/h3-6,8-11,13-17,27-28H,2,7,12H2,1H3. The number of nitrogens with one attached hydrogen (secondary N) is 2. The van der Waals surface area contributed by atoms with Crippen molar-refractivity contribution in [2.45, 2.75) is 26.3 Å². The topological polar surface area (TPSA) is 55.9 Å². The molecule has 2 N–H and O–H groups in total. The number of benzene rings is 3. The molecule has 1 aliphatic carbocycles. The van der Waals surface area contributed by atoms with Crippen LogP contribution in [0.15, 0.2) is 72.8 Å². The zero-order valence-corrected chi connectivity index (χ0v) is 17.0. The van der Waals surface area contributed by atoms with Crippen LogP contribution in [-0.2, 0) is 13.0 Å². The maximum Gasteiger partial charge on any atom is 0.137 e. The molecule has 0 atom stereocenters. The molecule has 0 aliphatic heterocycles. The highest BCUT2D eigenvalue weighted by molar-refractivity contribution is 6.11. The van der Waals surface area contributed by atoms with Gasteiger partial charge in [0.15, 0.2) is 0 Å². The summed E-state index contributed by atoms with van der Waals surface area (Å²) >= 11 is 0. The summed E-state index contributed by atoms with van der Waals surface area (Å²) in [6.45, 7) is 3.09. The van der Waals surface area contributed by atoms with Crippen LogP contribution in [0.1, 0.15) is 30.2 Å². The van der Waals surface area contributed by atoms with Crippen LogP contribution in [0, 0.1) is 10.8 Å². The summed E-state index contributed by atoms with van der Waals surface area (Å²) in [6.07, 6.45) is 5.34. The van der Waals surface area contributed by atoms with Gasteiger partial charge in [0.25, 0.3) is 0 Å². The van der Waals surface area contributed by atoms with Gasteiger partial charge in [-0.25, -0.2) is 0 Å². The first-order valence-electron chi connectivity index (χ1n) is 10.4. The van der Waals surface area contributed by atoms with Gasteiger partial charge in [-0.1, -0.05) is 60.7 Å². The molecule has 0 fully saturated rings. The van der Waals surface area contributed by atoms with Crippen molar-refractivity contribution >= 4 is 39.5 Å². The van der Waals surface area contributed by atoms with E-state index in [4.69, 9.17) is 10.8 Å². The van der Waals surface area contributed by atoms with E-state index >= 15 is 0 Å². The molecule has 0 amide bonds. The smallest absolute Gasteiger partial charge is 0.137 e. The molecular formula is C26H24N4. The van der Waals surface area contributed by atoms with Gasteiger partial charge in [0.05, 0.1) is 12.0 Å². The van der Waals surface area contributed by atoms with Crippen LogP contribution < -0.4 is 0 Å². The molecule has 0 saturated heterocycles. The van der Waals surface area contributed by atoms with Gasteiger partial charge >= 0.3 is 0 Å². The molecule has 3 aromatic carbocycles. The Balaban J connectivity index is 1.63. The number of hydrogen-bond acceptors (Lipinski definition) is 2. The lowest BCUT2D eigenvalue weighted by Crippen LogP contribution is -2.29. The molecule has 4 aromatic rings. The summed E-state index contributed by atoms with van der Waals surface area (Å²) in [4.78, 5) is 1.72. The number of fused-ring (bicyclic) bond motifs is 4. The Morgan fingerprint density at radius 2 is 1.80 bits per heavy atom. The molecule has 5 rings (SSSR count). The quantitative estimate of drug-likeness (QED) is 0.323. The third-order valence-corrected chi connectivity index (χ3v) is 6.02. The molecule has 0 saturated carbocycles. The molecule has 0 spiro atoms. The van der Waals surface area contributed by atoms with Gasteiger partial charge in [0, 0.05) is 34.3 Å². The summed E-state index contributed by atoms with van der Waals surface area (Å²) in [5.74, 6) is 0.322. The number of allylic oxidation sites excluding steroid dienone is 1. The monoisotopic (exact) mass is 392 g/mol. The molecule has 0 unspecified atom stereocenters. The zero-order valence-electron chi connectivity index (χ0n) is 17.0. The fourth-order valence-electron chi connectivity index (χ4n) is 4.66. The number of nitrogens with zero attached hydrogens (tertiary/aromatic N) is 2. The summed E-state index contributed by atoms with van der Waals surface area (Å²) < 4.78 is 2.37. The Kier molecular flexibility index (Phi) is 4.47. The second-order valence-corrected chi connectivity index (χ2v) is 7.62. The van der Waals surface area contributed by atoms with Gasteiger partial charge in [-0.15, -0.1) is 0 Å². The van der Waals surface area contributed by atoms with Crippen molar-refractivity contribution in [3.8, 4) is 0 Å². The minimum Gasteiger partial charge on any atom is -0.344 e. The highest BCUT2D eigenvalue weighted by atomic mass is 15.2. The number of aromatic nitrogens is 1. The van der Waals surface area contributed by atoms with E-state index in [0.29, 0.717) is 5.84 Å². The van der Waals surface area contributed by atoms with Crippen LogP contribution in [0.2, 0.25) is 0 Å². The second-order valence-electron chi connectivity index (χ2n) is 7.62. The number of amidine groups is 1. The predicted molar refractivity (Wildman–Crippen MR) is 125 cm³/mol. The van der Waals surface area contributed by atoms with Crippen LogP contribution in [0.4, 0.5) is 0 Å². The molecule has 1 aliphatic rings. The van der Waals surface area contributed by atoms with E-state index in [9.17, 15) is 0 Å². The van der Waals surface area contributed by atoms with E-state index in [1.54, 1.807) is 4.90 Å². The lowest BCUT2D eigenvalue weighted by molar-refractivity contribution is 0.718. The third-order valence-electron chi connectivity index (χ3n) is 6.02. The molecule has 1 aromatic heterocycles. The minimum absolute atomic E-state index is 0.322. The molecule has 0 radical (unpaired) electrons. The van der Waals surface area contributed by atoms with Crippen molar-refractivity contribution < 1.29 is 0 Å². The summed E-state index contributed by atoms with van der Waals surface area (Å²) in [5, 5.41) is 20.5. The van der Waals surface area contributed by atoms with E-state index in [-0.39, 0.29) is 0 Å². The van der Waals surface area contributed by atoms with Crippen molar-refractivity contribution in [3.05, 3.63) is 89.6 Å². The largest absolute Gasteiger partial charge is 0.344 e. The fraction of sp³-hybridized carbons (Fsp3) is 0.154. The zero-order chi connectivity index (χ0) is 20.7. The molecule has 0 bridgehead atoms. The minimum atomic E-state index is 0.322. The average molecular weight is 393 g/mol. The molecule has 4 nitrogen and oxygen atoms in total. The number of rotatable bonds is 4. The maximum absolute atomic E-state index is 8.93. The van der Waals surface area contributed by atoms with Gasteiger partial charge in [-0.3, -0.25) is 15.7 Å². The summed E-state index contributed by atoms with van der Waals surface area (Å²) in [7, 11) is 0. The van der Waals surface area contributed by atoms with E-state index < -0.39 is 0 Å². The van der Waals surface area contributed by atoms with Crippen molar-refractivity contribution in [3.63, 3.8) is 0 Å². The molecule has 30 heavy (non-hydrogen) atoms. The highest BCUT2D eigenvalue weighted by Crippen LogP contribution is 2.37. The average Bonchev–Trinajstić information content (AvgIpc) is 3.13. The number of hydrogen-bond donors (Lipinski definition) is 2. The molecule has 4 heteroatoms. The first kappa shape index (κ1) is 18.4. The van der Waals surface area contributed by atoms with Gasteiger partial charge in [0.1, 0.15) is 5.84 Å². The highest BCUT2D eigenvalue weighted by Gasteiger charge is 2.26. The van der Waals surface area contributed by atoms with Crippen LogP contribution in [0.5, 0.6) is 0 Å². The normalized spacial score (nSPS) is 13.2. The third kappa shape index (κ3) is 2.76. The van der Waals surface area contributed by atoms with E-state index in [1.165, 1.54) is 22.9 Å². The Morgan fingerprint density at radius 3 is 2.60 bits per heavy atom. The number of aryl methyl sites for hydroxylation is 1. The van der Waals surface area contributed by atoms with Gasteiger partial charge in [-0.05, 0) is 42.7 Å². The van der Waals surface area contributed by atoms with E-state index in [1.807, 2.05) is 30.3 Å². The predicted octanol–water partition coefficient (Wildman–Crippen LogP) is 6.04. The van der Waals surface area contributed by atoms with Crippen molar-refractivity contribution in [2.75, 3.05) is 0 Å². The van der Waals surface area contributed by atoms with Gasteiger partial charge < -0.3 is 4.57 Å². The Hall–Kier alpha value is -3.66. The Labute approximate surface area is 176 Å². The van der Waals surface area contributed by atoms with E-state index in [0.717, 1.165) is 47.0 Å². The van der Waals surface area contributed by atoms with Crippen LogP contribution in [0.3, 0.4) is 0 Å². The molecule has 1 heterocycles. The van der Waals surface area contributed by atoms with Gasteiger partial charge in [0.2, 0.25) is 0 Å². The fourth-order valence-corrected chi connectivity index (χ4v) is 4.66. The first-order valence-corrected chi connectivity index (χ1v) is 10.4. The number of para-hydroxylation sites is 1. The van der Waals surface area contributed by atoms with E-state index in [2.05, 4.69) is 54.0 Å². The molecule has 148 valence electrons. The molecular weight excluding hydrogens is 368 g/mol. The lowest BCUT2D eigenvalue weighted by atomic mass is 9.97. The maximum atomic E-state index is 8.93. The summed E-state index contributed by atoms with van der Waals surface area (Å²) in [6, 6.07) is 22.7. The van der Waals surface area contributed by atoms with Crippen molar-refractivity contribution in [1.82, 2.24) is 9.47 Å². The Morgan fingerprint density at radius 1 is 1.03 bits per heavy atom. The first-order chi connectivity index (χ1) is 14.7. The summed E-state index contributed by atoms with van der Waals surface area (Å²) in [5.41, 5.74) is 5.43. The van der Waals surface area contributed by atoms with Crippen LogP contribution >= 0.6 is 0 Å². The van der Waals surface area contributed by atoms with Gasteiger partial charge in [-0.2, -0.15) is 0 Å². The SMILES string of the molecule is CCn1c2c(c3ccccc31)C(N(C=N)C(=N)c1ccc3ccccc3c1)=CCC2. The second kappa shape index (κ2) is 7.30. The lowest BCUT2D eigenvalue weighted by Gasteiger charge is -2.27. The van der Waals surface area contributed by atoms with Crippen molar-refractivity contribution in [1.29, 1.82) is 10.8 Å². The Bertz CT molecular complexity index is 1330. The van der Waals surface area contributed by atoms with Crippen LogP contribution in [0.25, 0.3) is 27.4 Å².